The summed E-state index contributed by atoms with van der Waals surface area (Å²) >= 11 is 2.72. The van der Waals surface area contributed by atoms with E-state index in [0.717, 1.165) is 10.4 Å². The topological polar surface area (TPSA) is 121 Å². The Kier molecular flexibility index (Phi) is 6.00. The van der Waals surface area contributed by atoms with Gasteiger partial charge in [-0.15, -0.1) is 22.7 Å². The molecule has 2 amide bonds. The quantitative estimate of drug-likeness (QED) is 0.418. The van der Waals surface area contributed by atoms with Crippen LogP contribution in [0.3, 0.4) is 0 Å². The van der Waals surface area contributed by atoms with E-state index in [1.165, 1.54) is 22.7 Å². The number of Topliss-reactive ketones (excluding diaryl/α,β-unsaturated/α-hetero) is 1. The second kappa shape index (κ2) is 8.44. The van der Waals surface area contributed by atoms with E-state index in [9.17, 15) is 19.2 Å². The average Bonchev–Trinajstić information content (AvgIpc) is 3.27. The largest absolute Gasteiger partial charge is 0.309 e. The van der Waals surface area contributed by atoms with Crippen molar-refractivity contribution in [2.45, 2.75) is 33.1 Å². The molecule has 8 nitrogen and oxygen atoms in total. The number of hydrogen-bond acceptors (Lipinski definition) is 7. The third kappa shape index (κ3) is 4.52. The second-order valence-corrected chi connectivity index (χ2v) is 8.30. The highest BCUT2D eigenvalue weighted by Gasteiger charge is 2.14. The fourth-order valence-corrected chi connectivity index (χ4v) is 4.31. The van der Waals surface area contributed by atoms with Crippen LogP contribution >= 0.6 is 22.7 Å². The predicted octanol–water partition coefficient (Wildman–Crippen LogP) is 2.02. The van der Waals surface area contributed by atoms with Crippen molar-refractivity contribution in [3.05, 3.63) is 49.0 Å². The second-order valence-electron chi connectivity index (χ2n) is 6.15. The number of aromatic nitrogens is 2. The lowest BCUT2D eigenvalue weighted by molar-refractivity contribution is -0.128. The number of ketones is 1. The highest BCUT2D eigenvalue weighted by molar-refractivity contribution is 7.18. The SMILES string of the molecule is Cc1sc2nc(CC(=O)NNC(=O)CCC(=O)c3cccs3)[nH]c(=O)c2c1C. The average molecular weight is 419 g/mol. The Morgan fingerprint density at radius 3 is 2.61 bits per heavy atom. The van der Waals surface area contributed by atoms with Gasteiger partial charge in [-0.3, -0.25) is 30.0 Å². The van der Waals surface area contributed by atoms with Crippen molar-refractivity contribution < 1.29 is 14.4 Å². The monoisotopic (exact) mass is 418 g/mol. The van der Waals surface area contributed by atoms with E-state index >= 15 is 0 Å². The van der Waals surface area contributed by atoms with Gasteiger partial charge in [0.05, 0.1) is 16.7 Å². The van der Waals surface area contributed by atoms with Crippen LogP contribution in [0.15, 0.2) is 22.3 Å². The van der Waals surface area contributed by atoms with E-state index in [2.05, 4.69) is 20.8 Å². The number of carbonyl (C=O) groups excluding carboxylic acids is 3. The number of H-pyrrole nitrogens is 1. The maximum Gasteiger partial charge on any atom is 0.259 e. The summed E-state index contributed by atoms with van der Waals surface area (Å²) < 4.78 is 0. The number of thiophene rings is 2. The molecule has 0 saturated heterocycles. The minimum Gasteiger partial charge on any atom is -0.309 e. The van der Waals surface area contributed by atoms with Gasteiger partial charge in [-0.25, -0.2) is 4.98 Å². The molecule has 3 rings (SSSR count). The Morgan fingerprint density at radius 1 is 1.14 bits per heavy atom. The van der Waals surface area contributed by atoms with Crippen LogP contribution in [0.4, 0.5) is 0 Å². The Balaban J connectivity index is 1.51. The van der Waals surface area contributed by atoms with Gasteiger partial charge in [0.2, 0.25) is 11.8 Å². The summed E-state index contributed by atoms with van der Waals surface area (Å²) in [6, 6.07) is 3.47. The molecule has 0 aliphatic heterocycles. The van der Waals surface area contributed by atoms with Crippen molar-refractivity contribution >= 4 is 50.5 Å². The first kappa shape index (κ1) is 19.9. The minimum atomic E-state index is -0.523. The standard InChI is InChI=1S/C18H18N4O4S2/c1-9-10(2)28-18-16(9)17(26)19-13(20-18)8-15(25)22-21-14(24)6-5-11(23)12-4-3-7-27-12/h3-4,7H,5-6,8H2,1-2H3,(H,21,24)(H,22,25)(H,19,20,26). The van der Waals surface area contributed by atoms with Gasteiger partial charge in [-0.2, -0.15) is 0 Å². The van der Waals surface area contributed by atoms with Gasteiger partial charge in [0.15, 0.2) is 5.78 Å². The molecule has 3 heterocycles. The van der Waals surface area contributed by atoms with Crippen LogP contribution in [-0.4, -0.2) is 27.6 Å². The van der Waals surface area contributed by atoms with Gasteiger partial charge in [0, 0.05) is 17.7 Å². The van der Waals surface area contributed by atoms with Crippen molar-refractivity contribution in [2.75, 3.05) is 0 Å². The maximum absolute atomic E-state index is 12.2. The number of carbonyl (C=O) groups is 3. The zero-order valence-electron chi connectivity index (χ0n) is 15.3. The Bertz CT molecular complexity index is 1100. The summed E-state index contributed by atoms with van der Waals surface area (Å²) in [5.74, 6) is -0.892. The van der Waals surface area contributed by atoms with Gasteiger partial charge in [0.25, 0.3) is 5.56 Å². The van der Waals surface area contributed by atoms with Crippen molar-refractivity contribution in [3.8, 4) is 0 Å². The van der Waals surface area contributed by atoms with Gasteiger partial charge in [-0.05, 0) is 30.9 Å². The molecule has 0 saturated carbocycles. The molecule has 0 fully saturated rings. The van der Waals surface area contributed by atoms with E-state index in [1.807, 2.05) is 13.8 Å². The van der Waals surface area contributed by atoms with E-state index < -0.39 is 11.8 Å². The minimum absolute atomic E-state index is 0.0359. The molecule has 0 atom stereocenters. The van der Waals surface area contributed by atoms with Gasteiger partial charge in [-0.1, -0.05) is 6.07 Å². The number of amides is 2. The number of fused-ring (bicyclic) bond motifs is 1. The molecule has 28 heavy (non-hydrogen) atoms. The number of aromatic amines is 1. The Morgan fingerprint density at radius 2 is 1.89 bits per heavy atom. The van der Waals surface area contributed by atoms with E-state index in [0.29, 0.717) is 15.1 Å². The molecule has 0 aliphatic rings. The maximum atomic E-state index is 12.2. The van der Waals surface area contributed by atoms with E-state index in [-0.39, 0.29) is 36.4 Å². The zero-order chi connectivity index (χ0) is 20.3. The van der Waals surface area contributed by atoms with Gasteiger partial charge >= 0.3 is 0 Å². The molecule has 0 bridgehead atoms. The molecule has 10 heteroatoms. The van der Waals surface area contributed by atoms with Crippen LogP contribution in [0.1, 0.15) is 38.8 Å². The lowest BCUT2D eigenvalue weighted by atomic mass is 10.2. The van der Waals surface area contributed by atoms with Crippen molar-refractivity contribution in [1.29, 1.82) is 0 Å². The Hall–Kier alpha value is -2.85. The first-order chi connectivity index (χ1) is 13.3. The molecule has 0 aromatic carbocycles. The number of nitrogens with one attached hydrogen (secondary N) is 3. The summed E-state index contributed by atoms with van der Waals surface area (Å²) in [6.07, 6.45) is -0.160. The molecule has 3 aromatic heterocycles. The molecular formula is C18H18N4O4S2. The van der Waals surface area contributed by atoms with Crippen molar-refractivity contribution in [2.24, 2.45) is 0 Å². The van der Waals surface area contributed by atoms with E-state index in [1.54, 1.807) is 17.5 Å². The molecule has 0 radical (unpaired) electrons. The number of nitrogens with zero attached hydrogens (tertiary/aromatic N) is 1. The van der Waals surface area contributed by atoms with Crippen LogP contribution < -0.4 is 16.4 Å². The third-order valence-electron chi connectivity index (χ3n) is 4.13. The molecule has 0 aliphatic carbocycles. The predicted molar refractivity (Wildman–Crippen MR) is 108 cm³/mol. The van der Waals surface area contributed by atoms with Crippen molar-refractivity contribution in [3.63, 3.8) is 0 Å². The zero-order valence-corrected chi connectivity index (χ0v) is 16.9. The lowest BCUT2D eigenvalue weighted by Crippen LogP contribution is -2.42. The van der Waals surface area contributed by atoms with Crippen LogP contribution in [0.25, 0.3) is 10.2 Å². The molecule has 0 spiro atoms. The van der Waals surface area contributed by atoms with Crippen LogP contribution in [0, 0.1) is 13.8 Å². The van der Waals surface area contributed by atoms with Crippen LogP contribution in [-0.2, 0) is 16.0 Å². The summed E-state index contributed by atoms with van der Waals surface area (Å²) in [5.41, 5.74) is 5.13. The number of rotatable bonds is 6. The fourth-order valence-electron chi connectivity index (χ4n) is 2.57. The Labute approximate surface area is 168 Å². The first-order valence-corrected chi connectivity index (χ1v) is 10.2. The fraction of sp³-hybridized carbons (Fsp3) is 0.278. The molecular weight excluding hydrogens is 400 g/mol. The number of hydrazine groups is 1. The van der Waals surface area contributed by atoms with Crippen LogP contribution in [0.2, 0.25) is 0 Å². The van der Waals surface area contributed by atoms with Crippen molar-refractivity contribution in [1.82, 2.24) is 20.8 Å². The first-order valence-electron chi connectivity index (χ1n) is 8.48. The summed E-state index contributed by atoms with van der Waals surface area (Å²) in [6.45, 7) is 3.77. The number of aryl methyl sites for hydroxylation is 2. The van der Waals surface area contributed by atoms with Gasteiger partial charge in [0.1, 0.15) is 10.7 Å². The molecule has 0 unspecified atom stereocenters. The smallest absolute Gasteiger partial charge is 0.259 e. The highest BCUT2D eigenvalue weighted by atomic mass is 32.1. The molecule has 146 valence electrons. The summed E-state index contributed by atoms with van der Waals surface area (Å²) in [4.78, 5) is 57.0. The van der Waals surface area contributed by atoms with E-state index in [4.69, 9.17) is 0 Å². The third-order valence-corrected chi connectivity index (χ3v) is 6.14. The molecule has 3 aromatic rings. The summed E-state index contributed by atoms with van der Waals surface area (Å²) in [5, 5.41) is 2.33. The van der Waals surface area contributed by atoms with Crippen LogP contribution in [0.5, 0.6) is 0 Å². The van der Waals surface area contributed by atoms with Gasteiger partial charge < -0.3 is 4.98 Å². The summed E-state index contributed by atoms with van der Waals surface area (Å²) in [7, 11) is 0. The normalized spacial score (nSPS) is 10.8. The highest BCUT2D eigenvalue weighted by Crippen LogP contribution is 2.25. The lowest BCUT2D eigenvalue weighted by Gasteiger charge is -2.07. The number of hydrogen-bond donors (Lipinski definition) is 3. The molecule has 3 N–H and O–H groups in total.